The van der Waals surface area contributed by atoms with Crippen LogP contribution >= 0.6 is 11.3 Å². The summed E-state index contributed by atoms with van der Waals surface area (Å²) in [6, 6.07) is 8.27. The number of hydrogen-bond donors (Lipinski definition) is 1. The highest BCUT2D eigenvalue weighted by molar-refractivity contribution is 7.10. The number of nitrogens with one attached hydrogen (secondary N) is 1. The normalized spacial score (nSPS) is 13.6. The molecule has 1 aliphatic rings. The van der Waals surface area contributed by atoms with Crippen LogP contribution in [0.3, 0.4) is 0 Å². The number of carbonyl (C=O) groups is 1. The highest BCUT2D eigenvalue weighted by Gasteiger charge is 2.21. The molecule has 0 radical (unpaired) electrons. The molecule has 5 heteroatoms. The molecule has 0 spiro atoms. The SMILES string of the molecule is COc1ccc(C)cc1CCNC(=O)N1CCc2sccc2C1. The first-order chi connectivity index (χ1) is 11.2. The lowest BCUT2D eigenvalue weighted by Crippen LogP contribution is -2.43. The molecule has 1 aliphatic heterocycles. The van der Waals surface area contributed by atoms with Crippen molar-refractivity contribution in [2.75, 3.05) is 20.2 Å². The summed E-state index contributed by atoms with van der Waals surface area (Å²) in [4.78, 5) is 15.6. The van der Waals surface area contributed by atoms with E-state index < -0.39 is 0 Å². The van der Waals surface area contributed by atoms with Crippen LogP contribution in [-0.4, -0.2) is 31.1 Å². The molecule has 0 saturated carbocycles. The van der Waals surface area contributed by atoms with E-state index in [0.29, 0.717) is 6.54 Å². The largest absolute Gasteiger partial charge is 0.496 e. The molecule has 4 nitrogen and oxygen atoms in total. The van der Waals surface area contributed by atoms with Gasteiger partial charge in [0, 0.05) is 24.5 Å². The van der Waals surface area contributed by atoms with Crippen molar-refractivity contribution in [1.82, 2.24) is 10.2 Å². The van der Waals surface area contributed by atoms with Crippen LogP contribution in [0.1, 0.15) is 21.6 Å². The van der Waals surface area contributed by atoms with Gasteiger partial charge in [0.25, 0.3) is 0 Å². The van der Waals surface area contributed by atoms with Crippen LogP contribution in [-0.2, 0) is 19.4 Å². The second-order valence-electron chi connectivity index (χ2n) is 5.84. The number of aryl methyl sites for hydroxylation is 1. The topological polar surface area (TPSA) is 41.6 Å². The summed E-state index contributed by atoms with van der Waals surface area (Å²) in [6.45, 7) is 4.20. The minimum atomic E-state index is 0.0217. The van der Waals surface area contributed by atoms with E-state index in [1.54, 1.807) is 18.4 Å². The zero-order chi connectivity index (χ0) is 16.2. The minimum Gasteiger partial charge on any atom is -0.496 e. The average molecular weight is 330 g/mol. The van der Waals surface area contributed by atoms with E-state index in [9.17, 15) is 4.79 Å². The van der Waals surface area contributed by atoms with Crippen LogP contribution < -0.4 is 10.1 Å². The van der Waals surface area contributed by atoms with E-state index >= 15 is 0 Å². The molecule has 2 aromatic rings. The van der Waals surface area contributed by atoms with Crippen molar-refractivity contribution in [3.8, 4) is 5.75 Å². The van der Waals surface area contributed by atoms with E-state index in [2.05, 4.69) is 29.8 Å². The number of benzene rings is 1. The first-order valence-electron chi connectivity index (χ1n) is 7.89. The van der Waals surface area contributed by atoms with Crippen molar-refractivity contribution in [3.05, 3.63) is 51.2 Å². The monoisotopic (exact) mass is 330 g/mol. The van der Waals surface area contributed by atoms with Gasteiger partial charge in [0.2, 0.25) is 0 Å². The third-order valence-corrected chi connectivity index (χ3v) is 5.22. The number of urea groups is 1. The maximum absolute atomic E-state index is 12.3. The Hall–Kier alpha value is -2.01. The van der Waals surface area contributed by atoms with Gasteiger partial charge in [-0.15, -0.1) is 11.3 Å². The zero-order valence-corrected chi connectivity index (χ0v) is 14.4. The Kier molecular flexibility index (Phi) is 4.86. The fourth-order valence-corrected chi connectivity index (χ4v) is 3.83. The first kappa shape index (κ1) is 15.9. The van der Waals surface area contributed by atoms with Crippen LogP contribution in [0.15, 0.2) is 29.6 Å². The molecule has 0 bridgehead atoms. The summed E-state index contributed by atoms with van der Waals surface area (Å²) in [5, 5.41) is 5.14. The van der Waals surface area contributed by atoms with Gasteiger partial charge in [-0.2, -0.15) is 0 Å². The number of fused-ring (bicyclic) bond motifs is 1. The summed E-state index contributed by atoms with van der Waals surface area (Å²) < 4.78 is 5.38. The zero-order valence-electron chi connectivity index (χ0n) is 13.6. The molecule has 1 aromatic heterocycles. The van der Waals surface area contributed by atoms with Crippen LogP contribution in [0.5, 0.6) is 5.75 Å². The predicted octanol–water partition coefficient (Wildman–Crippen LogP) is 3.38. The predicted molar refractivity (Wildman–Crippen MR) is 93.3 cm³/mol. The van der Waals surface area contributed by atoms with Crippen LogP contribution in [0.25, 0.3) is 0 Å². The van der Waals surface area contributed by atoms with Crippen LogP contribution in [0.2, 0.25) is 0 Å². The Labute approximate surface area is 141 Å². The lowest BCUT2D eigenvalue weighted by molar-refractivity contribution is 0.193. The molecule has 2 heterocycles. The number of hydrogen-bond acceptors (Lipinski definition) is 3. The van der Waals surface area contributed by atoms with E-state index in [1.807, 2.05) is 17.0 Å². The molecule has 0 saturated heterocycles. The van der Waals surface area contributed by atoms with E-state index in [-0.39, 0.29) is 6.03 Å². The second kappa shape index (κ2) is 7.04. The smallest absolute Gasteiger partial charge is 0.317 e. The van der Waals surface area contributed by atoms with Gasteiger partial charge >= 0.3 is 6.03 Å². The van der Waals surface area contributed by atoms with Crippen molar-refractivity contribution < 1.29 is 9.53 Å². The maximum Gasteiger partial charge on any atom is 0.317 e. The number of thiophene rings is 1. The minimum absolute atomic E-state index is 0.0217. The Morgan fingerprint density at radius 1 is 1.39 bits per heavy atom. The van der Waals surface area contributed by atoms with Crippen molar-refractivity contribution in [2.24, 2.45) is 0 Å². The molecule has 23 heavy (non-hydrogen) atoms. The van der Waals surface area contributed by atoms with Gasteiger partial charge in [-0.1, -0.05) is 17.7 Å². The Bertz CT molecular complexity index is 696. The molecule has 2 amide bonds. The Morgan fingerprint density at radius 3 is 3.09 bits per heavy atom. The molecule has 1 aromatic carbocycles. The number of amides is 2. The number of nitrogens with zero attached hydrogens (tertiary/aromatic N) is 1. The highest BCUT2D eigenvalue weighted by atomic mass is 32.1. The fourth-order valence-electron chi connectivity index (χ4n) is 2.94. The van der Waals surface area contributed by atoms with Gasteiger partial charge in [0.1, 0.15) is 5.75 Å². The van der Waals surface area contributed by atoms with E-state index in [1.165, 1.54) is 16.0 Å². The molecule has 122 valence electrons. The second-order valence-corrected chi connectivity index (χ2v) is 6.84. The third-order valence-electron chi connectivity index (χ3n) is 4.20. The molecule has 0 aliphatic carbocycles. The summed E-state index contributed by atoms with van der Waals surface area (Å²) in [5.41, 5.74) is 3.62. The summed E-state index contributed by atoms with van der Waals surface area (Å²) >= 11 is 1.79. The maximum atomic E-state index is 12.3. The number of methoxy groups -OCH3 is 1. The molecular weight excluding hydrogens is 308 g/mol. The Morgan fingerprint density at radius 2 is 2.26 bits per heavy atom. The molecule has 1 N–H and O–H groups in total. The lowest BCUT2D eigenvalue weighted by Gasteiger charge is -2.27. The van der Waals surface area contributed by atoms with Crippen LogP contribution in [0, 0.1) is 6.92 Å². The van der Waals surface area contributed by atoms with Crippen molar-refractivity contribution in [1.29, 1.82) is 0 Å². The summed E-state index contributed by atoms with van der Waals surface area (Å²) in [6.07, 6.45) is 1.74. The quantitative estimate of drug-likeness (QED) is 0.934. The molecule has 0 unspecified atom stereocenters. The average Bonchev–Trinajstić information content (AvgIpc) is 3.02. The number of ether oxygens (including phenoxy) is 1. The van der Waals surface area contributed by atoms with Crippen molar-refractivity contribution in [3.63, 3.8) is 0 Å². The molecular formula is C18H22N2O2S. The summed E-state index contributed by atoms with van der Waals surface area (Å²) in [7, 11) is 1.68. The van der Waals surface area contributed by atoms with E-state index in [0.717, 1.165) is 37.2 Å². The van der Waals surface area contributed by atoms with Gasteiger partial charge < -0.3 is 15.0 Å². The lowest BCUT2D eigenvalue weighted by atomic mass is 10.1. The first-order valence-corrected chi connectivity index (χ1v) is 8.77. The van der Waals surface area contributed by atoms with Gasteiger partial charge in [0.15, 0.2) is 0 Å². The van der Waals surface area contributed by atoms with Gasteiger partial charge in [-0.05, 0) is 48.4 Å². The van der Waals surface area contributed by atoms with Gasteiger partial charge in [-0.3, -0.25) is 0 Å². The van der Waals surface area contributed by atoms with Crippen molar-refractivity contribution in [2.45, 2.75) is 26.3 Å². The van der Waals surface area contributed by atoms with Gasteiger partial charge in [0.05, 0.1) is 7.11 Å². The fraction of sp³-hybridized carbons (Fsp3) is 0.389. The summed E-state index contributed by atoms with van der Waals surface area (Å²) in [5.74, 6) is 0.880. The number of carbonyl (C=O) groups excluding carboxylic acids is 1. The Balaban J connectivity index is 1.53. The van der Waals surface area contributed by atoms with Gasteiger partial charge in [-0.25, -0.2) is 4.79 Å². The van der Waals surface area contributed by atoms with Crippen molar-refractivity contribution >= 4 is 17.4 Å². The standard InChI is InChI=1S/C18H22N2O2S/c1-13-3-4-16(22-2)14(11-13)5-8-19-18(21)20-9-6-17-15(12-20)7-10-23-17/h3-4,7,10-11H,5-6,8-9,12H2,1-2H3,(H,19,21). The third kappa shape index (κ3) is 3.67. The van der Waals surface area contributed by atoms with E-state index in [4.69, 9.17) is 4.74 Å². The van der Waals surface area contributed by atoms with Crippen LogP contribution in [0.4, 0.5) is 4.79 Å². The molecule has 0 fully saturated rings. The molecule has 0 atom stereocenters. The molecule has 3 rings (SSSR count). The highest BCUT2D eigenvalue weighted by Crippen LogP contribution is 2.24. The number of rotatable bonds is 4.